The quantitative estimate of drug-likeness (QED) is 0.751. The molecule has 0 unspecified atom stereocenters. The monoisotopic (exact) mass is 245 g/mol. The largest absolute Gasteiger partial charge is 0.368 e. The lowest BCUT2D eigenvalue weighted by Crippen LogP contribution is -2.31. The number of nitrogens with zero attached hydrogens (tertiary/aromatic N) is 2. The zero-order chi connectivity index (χ0) is 13.0. The smallest absolute Gasteiger partial charge is 0.148 e. The van der Waals surface area contributed by atoms with Crippen molar-refractivity contribution < 1.29 is 0 Å². The fourth-order valence-electron chi connectivity index (χ4n) is 1.46. The lowest BCUT2D eigenvalue weighted by atomic mass is 9.94. The van der Waals surface area contributed by atoms with Gasteiger partial charge in [-0.1, -0.05) is 13.8 Å². The van der Waals surface area contributed by atoms with Crippen LogP contribution < -0.4 is 11.1 Å². The summed E-state index contributed by atoms with van der Waals surface area (Å²) in [6, 6.07) is 7.77. The summed E-state index contributed by atoms with van der Waals surface area (Å²) in [5.41, 5.74) is 7.54. The van der Waals surface area contributed by atoms with Crippen molar-refractivity contribution in [1.29, 1.82) is 0 Å². The van der Waals surface area contributed by atoms with Gasteiger partial charge in [0.15, 0.2) is 0 Å². The van der Waals surface area contributed by atoms with E-state index in [4.69, 9.17) is 5.73 Å². The number of hydrogen-bond donors (Lipinski definition) is 3. The zero-order valence-corrected chi connectivity index (χ0v) is 10.8. The van der Waals surface area contributed by atoms with Crippen molar-refractivity contribution in [1.82, 2.24) is 15.2 Å². The van der Waals surface area contributed by atoms with Crippen LogP contribution in [0.1, 0.15) is 13.8 Å². The lowest BCUT2D eigenvalue weighted by Gasteiger charge is -2.22. The number of rotatable bonds is 5. The summed E-state index contributed by atoms with van der Waals surface area (Å²) in [5.74, 6) is 0.770. The van der Waals surface area contributed by atoms with E-state index in [9.17, 15) is 0 Å². The topological polar surface area (TPSA) is 79.6 Å². The van der Waals surface area contributed by atoms with Crippen molar-refractivity contribution in [3.63, 3.8) is 0 Å². The summed E-state index contributed by atoms with van der Waals surface area (Å²) in [4.78, 5) is 3.10. The SMILES string of the molecule is CC(C)(CN)CNc1ccc(-c2ccc[nH]2)nn1. The van der Waals surface area contributed by atoms with Crippen molar-refractivity contribution in [2.24, 2.45) is 11.1 Å². The number of hydrogen-bond acceptors (Lipinski definition) is 4. The van der Waals surface area contributed by atoms with Gasteiger partial charge >= 0.3 is 0 Å². The average molecular weight is 245 g/mol. The Balaban J connectivity index is 2.00. The minimum absolute atomic E-state index is 0.0554. The molecule has 18 heavy (non-hydrogen) atoms. The van der Waals surface area contributed by atoms with Gasteiger partial charge < -0.3 is 16.0 Å². The first-order valence-electron chi connectivity index (χ1n) is 6.02. The molecule has 0 saturated heterocycles. The molecule has 0 amide bonds. The van der Waals surface area contributed by atoms with Crippen molar-refractivity contribution >= 4 is 5.82 Å². The van der Waals surface area contributed by atoms with Crippen LogP contribution >= 0.6 is 0 Å². The van der Waals surface area contributed by atoms with Gasteiger partial charge in [-0.05, 0) is 36.2 Å². The van der Waals surface area contributed by atoms with Crippen molar-refractivity contribution in [3.05, 3.63) is 30.5 Å². The fraction of sp³-hybridized carbons (Fsp3) is 0.385. The molecule has 0 aliphatic heterocycles. The van der Waals surface area contributed by atoms with E-state index < -0.39 is 0 Å². The summed E-state index contributed by atoms with van der Waals surface area (Å²) in [5, 5.41) is 11.6. The van der Waals surface area contributed by atoms with Crippen LogP contribution in [0, 0.1) is 5.41 Å². The van der Waals surface area contributed by atoms with Gasteiger partial charge in [-0.3, -0.25) is 0 Å². The van der Waals surface area contributed by atoms with Crippen LogP contribution in [0.4, 0.5) is 5.82 Å². The summed E-state index contributed by atoms with van der Waals surface area (Å²) in [7, 11) is 0. The van der Waals surface area contributed by atoms with E-state index in [0.29, 0.717) is 6.54 Å². The normalized spacial score (nSPS) is 11.5. The first kappa shape index (κ1) is 12.6. The maximum absolute atomic E-state index is 5.68. The Kier molecular flexibility index (Phi) is 3.62. The van der Waals surface area contributed by atoms with Crippen LogP contribution in [0.3, 0.4) is 0 Å². The molecule has 96 valence electrons. The third kappa shape index (κ3) is 3.07. The average Bonchev–Trinajstić information content (AvgIpc) is 2.91. The van der Waals surface area contributed by atoms with Crippen LogP contribution in [0.15, 0.2) is 30.5 Å². The predicted molar refractivity (Wildman–Crippen MR) is 73.1 cm³/mol. The van der Waals surface area contributed by atoms with E-state index in [-0.39, 0.29) is 5.41 Å². The first-order valence-corrected chi connectivity index (χ1v) is 6.02. The minimum atomic E-state index is 0.0554. The van der Waals surface area contributed by atoms with E-state index in [2.05, 4.69) is 34.3 Å². The molecule has 4 N–H and O–H groups in total. The Labute approximate surface area is 107 Å². The number of anilines is 1. The minimum Gasteiger partial charge on any atom is -0.368 e. The number of aromatic nitrogens is 3. The molecule has 5 nitrogen and oxygen atoms in total. The molecule has 5 heteroatoms. The summed E-state index contributed by atoms with van der Waals surface area (Å²) in [6.45, 7) is 5.63. The highest BCUT2D eigenvalue weighted by atomic mass is 15.2. The highest BCUT2D eigenvalue weighted by Crippen LogP contribution is 2.16. The maximum atomic E-state index is 5.68. The van der Waals surface area contributed by atoms with Gasteiger partial charge in [0.2, 0.25) is 0 Å². The molecular weight excluding hydrogens is 226 g/mol. The molecule has 2 aromatic heterocycles. The molecule has 0 fully saturated rings. The Morgan fingerprint density at radius 1 is 1.28 bits per heavy atom. The van der Waals surface area contributed by atoms with Gasteiger partial charge in [0, 0.05) is 12.7 Å². The van der Waals surface area contributed by atoms with E-state index in [1.54, 1.807) is 0 Å². The first-order chi connectivity index (χ1) is 8.61. The molecule has 0 saturated carbocycles. The second-order valence-corrected chi connectivity index (χ2v) is 5.11. The summed E-state index contributed by atoms with van der Waals surface area (Å²) in [6.07, 6.45) is 1.87. The van der Waals surface area contributed by atoms with E-state index in [0.717, 1.165) is 23.8 Å². The molecule has 0 spiro atoms. The molecule has 0 aliphatic rings. The Morgan fingerprint density at radius 3 is 2.67 bits per heavy atom. The molecule has 0 aromatic carbocycles. The van der Waals surface area contributed by atoms with Crippen LogP contribution in [0.5, 0.6) is 0 Å². The number of nitrogens with one attached hydrogen (secondary N) is 2. The van der Waals surface area contributed by atoms with Crippen molar-refractivity contribution in [3.8, 4) is 11.4 Å². The van der Waals surface area contributed by atoms with Crippen LogP contribution in [-0.2, 0) is 0 Å². The third-order valence-electron chi connectivity index (χ3n) is 2.84. The standard InChI is InChI=1S/C13H19N5/c1-13(2,8-14)9-16-12-6-5-11(17-18-12)10-4-3-7-15-10/h3-7,15H,8-9,14H2,1-2H3,(H,16,18). The Bertz CT molecular complexity index is 473. The van der Waals surface area contributed by atoms with E-state index in [1.807, 2.05) is 30.5 Å². The number of nitrogens with two attached hydrogens (primary N) is 1. The molecule has 2 aromatic rings. The third-order valence-corrected chi connectivity index (χ3v) is 2.84. The predicted octanol–water partition coefficient (Wildman–Crippen LogP) is 1.87. The second-order valence-electron chi connectivity index (χ2n) is 5.11. The van der Waals surface area contributed by atoms with Gasteiger partial charge in [0.1, 0.15) is 11.5 Å². The van der Waals surface area contributed by atoms with Crippen LogP contribution in [0.25, 0.3) is 11.4 Å². The Hall–Kier alpha value is -1.88. The molecule has 0 atom stereocenters. The maximum Gasteiger partial charge on any atom is 0.148 e. The van der Waals surface area contributed by atoms with Gasteiger partial charge in [0.25, 0.3) is 0 Å². The number of aromatic amines is 1. The highest BCUT2D eigenvalue weighted by molar-refractivity contribution is 5.54. The van der Waals surface area contributed by atoms with E-state index in [1.165, 1.54) is 0 Å². The van der Waals surface area contributed by atoms with Crippen molar-refractivity contribution in [2.75, 3.05) is 18.4 Å². The number of H-pyrrole nitrogens is 1. The molecule has 2 rings (SSSR count). The molecule has 0 bridgehead atoms. The molecule has 2 heterocycles. The van der Waals surface area contributed by atoms with Crippen molar-refractivity contribution in [2.45, 2.75) is 13.8 Å². The molecule has 0 aliphatic carbocycles. The summed E-state index contributed by atoms with van der Waals surface area (Å²) < 4.78 is 0. The highest BCUT2D eigenvalue weighted by Gasteiger charge is 2.15. The van der Waals surface area contributed by atoms with E-state index >= 15 is 0 Å². The zero-order valence-electron chi connectivity index (χ0n) is 10.8. The lowest BCUT2D eigenvalue weighted by molar-refractivity contribution is 0.405. The second kappa shape index (κ2) is 5.18. The van der Waals surface area contributed by atoms with Gasteiger partial charge in [0.05, 0.1) is 5.69 Å². The van der Waals surface area contributed by atoms with Gasteiger partial charge in [-0.2, -0.15) is 0 Å². The Morgan fingerprint density at radius 2 is 2.11 bits per heavy atom. The van der Waals surface area contributed by atoms with Crippen LogP contribution in [0.2, 0.25) is 0 Å². The van der Waals surface area contributed by atoms with Crippen LogP contribution in [-0.4, -0.2) is 28.3 Å². The fourth-order valence-corrected chi connectivity index (χ4v) is 1.46. The van der Waals surface area contributed by atoms with Gasteiger partial charge in [-0.25, -0.2) is 0 Å². The van der Waals surface area contributed by atoms with Gasteiger partial charge in [-0.15, -0.1) is 10.2 Å². The molecular formula is C13H19N5. The summed E-state index contributed by atoms with van der Waals surface area (Å²) >= 11 is 0. The molecule has 0 radical (unpaired) electrons.